The zero-order valence-electron chi connectivity index (χ0n) is 16.8. The SMILES string of the molecule is CN(C)CC(=O)N(C)c1cccc(C[C@H](NC(=O)OC(C)(C)C)C(=O)O)c1. The summed E-state index contributed by atoms with van der Waals surface area (Å²) in [7, 11) is 5.28. The normalized spacial score (nSPS) is 12.4. The Kier molecular flexibility index (Phi) is 7.78. The Morgan fingerprint density at radius 1 is 1.19 bits per heavy atom. The molecule has 0 unspecified atom stereocenters. The van der Waals surface area contributed by atoms with Gasteiger partial charge in [0.2, 0.25) is 5.91 Å². The summed E-state index contributed by atoms with van der Waals surface area (Å²) in [6, 6.07) is 5.86. The topological polar surface area (TPSA) is 99.2 Å². The van der Waals surface area contributed by atoms with Crippen LogP contribution in [-0.4, -0.2) is 67.3 Å². The zero-order chi connectivity index (χ0) is 20.8. The molecule has 0 aliphatic rings. The predicted octanol–water partition coefficient (Wildman–Crippen LogP) is 1.73. The number of hydrogen-bond acceptors (Lipinski definition) is 5. The monoisotopic (exact) mass is 379 g/mol. The number of anilines is 1. The molecule has 8 nitrogen and oxygen atoms in total. The van der Waals surface area contributed by atoms with Crippen LogP contribution in [0.15, 0.2) is 24.3 Å². The summed E-state index contributed by atoms with van der Waals surface area (Å²) in [6.45, 7) is 5.36. The number of nitrogens with one attached hydrogen (secondary N) is 1. The van der Waals surface area contributed by atoms with Gasteiger partial charge < -0.3 is 25.0 Å². The van der Waals surface area contributed by atoms with Gasteiger partial charge in [0.1, 0.15) is 11.6 Å². The minimum Gasteiger partial charge on any atom is -0.480 e. The first-order valence-electron chi connectivity index (χ1n) is 8.61. The third-order valence-electron chi connectivity index (χ3n) is 3.55. The maximum absolute atomic E-state index is 12.2. The van der Waals surface area contributed by atoms with Crippen molar-refractivity contribution < 1.29 is 24.2 Å². The van der Waals surface area contributed by atoms with Crippen molar-refractivity contribution in [3.05, 3.63) is 29.8 Å². The summed E-state index contributed by atoms with van der Waals surface area (Å²) < 4.78 is 5.12. The van der Waals surface area contributed by atoms with E-state index in [1.807, 2.05) is 14.1 Å². The lowest BCUT2D eigenvalue weighted by Crippen LogP contribution is -2.44. The molecule has 1 aromatic carbocycles. The number of rotatable bonds is 7. The minimum absolute atomic E-state index is 0.0676. The van der Waals surface area contributed by atoms with E-state index in [1.54, 1.807) is 57.0 Å². The van der Waals surface area contributed by atoms with Crippen LogP contribution < -0.4 is 10.2 Å². The minimum atomic E-state index is -1.16. The van der Waals surface area contributed by atoms with Crippen LogP contribution in [0.1, 0.15) is 26.3 Å². The van der Waals surface area contributed by atoms with Gasteiger partial charge in [-0.15, -0.1) is 0 Å². The summed E-state index contributed by atoms with van der Waals surface area (Å²) in [5.74, 6) is -1.25. The van der Waals surface area contributed by atoms with Crippen molar-refractivity contribution in [1.82, 2.24) is 10.2 Å². The van der Waals surface area contributed by atoms with Crippen LogP contribution in [0, 0.1) is 0 Å². The van der Waals surface area contributed by atoms with Gasteiger partial charge in [0.15, 0.2) is 0 Å². The highest BCUT2D eigenvalue weighted by Crippen LogP contribution is 2.17. The van der Waals surface area contributed by atoms with E-state index in [4.69, 9.17) is 4.74 Å². The molecule has 1 atom stereocenters. The summed E-state index contributed by atoms with van der Waals surface area (Å²) >= 11 is 0. The molecular weight excluding hydrogens is 350 g/mol. The van der Waals surface area contributed by atoms with Crippen LogP contribution in [0.5, 0.6) is 0 Å². The lowest BCUT2D eigenvalue weighted by molar-refractivity contribution is -0.139. The molecule has 0 bridgehead atoms. The number of likely N-dealkylation sites (N-methyl/N-ethyl adjacent to an activating group) is 2. The smallest absolute Gasteiger partial charge is 0.408 e. The van der Waals surface area contributed by atoms with Gasteiger partial charge in [-0.05, 0) is 52.6 Å². The van der Waals surface area contributed by atoms with Crippen molar-refractivity contribution >= 4 is 23.7 Å². The first-order valence-corrected chi connectivity index (χ1v) is 8.61. The molecule has 0 aromatic heterocycles. The second-order valence-corrected chi connectivity index (χ2v) is 7.60. The van der Waals surface area contributed by atoms with Gasteiger partial charge in [0.05, 0.1) is 6.54 Å². The summed E-state index contributed by atoms with van der Waals surface area (Å²) in [6.07, 6.45) is -0.720. The number of carboxylic acids is 1. The van der Waals surface area contributed by atoms with E-state index >= 15 is 0 Å². The van der Waals surface area contributed by atoms with Crippen LogP contribution in [0.4, 0.5) is 10.5 Å². The number of nitrogens with zero attached hydrogens (tertiary/aromatic N) is 2. The fraction of sp³-hybridized carbons (Fsp3) is 0.526. The average Bonchev–Trinajstić information content (AvgIpc) is 2.51. The largest absolute Gasteiger partial charge is 0.480 e. The van der Waals surface area contributed by atoms with E-state index in [2.05, 4.69) is 5.32 Å². The molecule has 0 spiro atoms. The van der Waals surface area contributed by atoms with Crippen molar-refractivity contribution in [1.29, 1.82) is 0 Å². The summed E-state index contributed by atoms with van der Waals surface area (Å²) in [5.41, 5.74) is 0.615. The number of carbonyl (C=O) groups excluding carboxylic acids is 2. The lowest BCUT2D eigenvalue weighted by Gasteiger charge is -2.23. The standard InChI is InChI=1S/C19H29N3O5/c1-19(2,3)27-18(26)20-15(17(24)25)11-13-8-7-9-14(10-13)22(6)16(23)12-21(4)5/h7-10,15H,11-12H2,1-6H3,(H,20,26)(H,24,25)/t15-/m0/s1. The second-order valence-electron chi connectivity index (χ2n) is 7.60. The summed E-state index contributed by atoms with van der Waals surface area (Å²) in [4.78, 5) is 38.9. The van der Waals surface area contributed by atoms with Crippen molar-refractivity contribution in [3.63, 3.8) is 0 Å². The maximum atomic E-state index is 12.2. The van der Waals surface area contributed by atoms with Crippen LogP contribution in [0.3, 0.4) is 0 Å². The molecule has 1 rings (SSSR count). The quantitative estimate of drug-likeness (QED) is 0.749. The van der Waals surface area contributed by atoms with E-state index in [-0.39, 0.29) is 18.9 Å². The number of alkyl carbamates (subject to hydrolysis) is 1. The van der Waals surface area contributed by atoms with Crippen molar-refractivity contribution in [2.24, 2.45) is 0 Å². The molecule has 0 saturated carbocycles. The Balaban J connectivity index is 2.87. The highest BCUT2D eigenvalue weighted by Gasteiger charge is 2.24. The number of amides is 2. The number of aliphatic carboxylic acids is 1. The maximum Gasteiger partial charge on any atom is 0.408 e. The number of carbonyl (C=O) groups is 3. The molecule has 1 aromatic rings. The molecule has 27 heavy (non-hydrogen) atoms. The van der Waals surface area contributed by atoms with E-state index in [0.717, 1.165) is 0 Å². The number of hydrogen-bond donors (Lipinski definition) is 2. The highest BCUT2D eigenvalue weighted by atomic mass is 16.6. The predicted molar refractivity (Wildman–Crippen MR) is 103 cm³/mol. The van der Waals surface area contributed by atoms with Crippen LogP contribution in [-0.2, 0) is 20.7 Å². The van der Waals surface area contributed by atoms with Gasteiger partial charge in [0.25, 0.3) is 0 Å². The number of ether oxygens (including phenoxy) is 1. The van der Waals surface area contributed by atoms with Gasteiger partial charge in [-0.3, -0.25) is 4.79 Å². The fourth-order valence-electron chi connectivity index (χ4n) is 2.30. The molecule has 0 fully saturated rings. The molecule has 2 N–H and O–H groups in total. The molecule has 0 heterocycles. The third-order valence-corrected chi connectivity index (χ3v) is 3.55. The molecule has 0 aliphatic carbocycles. The Labute approximate surface area is 160 Å². The van der Waals surface area contributed by atoms with Gasteiger partial charge in [-0.25, -0.2) is 9.59 Å². The number of carboxylic acid groups (broad SMARTS) is 1. The molecule has 8 heteroatoms. The molecule has 0 radical (unpaired) electrons. The van der Waals surface area contributed by atoms with Gasteiger partial charge in [-0.2, -0.15) is 0 Å². The van der Waals surface area contributed by atoms with Crippen molar-refractivity contribution in [2.75, 3.05) is 32.6 Å². The second kappa shape index (κ2) is 9.36. The van der Waals surface area contributed by atoms with Gasteiger partial charge >= 0.3 is 12.1 Å². The van der Waals surface area contributed by atoms with Crippen molar-refractivity contribution in [2.45, 2.75) is 38.8 Å². The third kappa shape index (κ3) is 8.08. The Bertz CT molecular complexity index is 682. The lowest BCUT2D eigenvalue weighted by atomic mass is 10.0. The van der Waals surface area contributed by atoms with E-state index < -0.39 is 23.7 Å². The average molecular weight is 379 g/mol. The Morgan fingerprint density at radius 2 is 1.81 bits per heavy atom. The first kappa shape index (κ1) is 22.4. The van der Waals surface area contributed by atoms with Gasteiger partial charge in [-0.1, -0.05) is 12.1 Å². The van der Waals surface area contributed by atoms with Gasteiger partial charge in [0, 0.05) is 19.2 Å². The van der Waals surface area contributed by atoms with Crippen LogP contribution in [0.25, 0.3) is 0 Å². The molecule has 2 amide bonds. The van der Waals surface area contributed by atoms with E-state index in [0.29, 0.717) is 11.3 Å². The Hall–Kier alpha value is -2.61. The molecular formula is C19H29N3O5. The highest BCUT2D eigenvalue weighted by molar-refractivity contribution is 5.94. The molecule has 150 valence electrons. The van der Waals surface area contributed by atoms with Crippen LogP contribution in [0.2, 0.25) is 0 Å². The fourth-order valence-corrected chi connectivity index (χ4v) is 2.30. The van der Waals surface area contributed by atoms with E-state index in [9.17, 15) is 19.5 Å². The Morgan fingerprint density at radius 3 is 2.33 bits per heavy atom. The summed E-state index contributed by atoms with van der Waals surface area (Å²) in [5, 5.41) is 11.8. The molecule has 0 aliphatic heterocycles. The number of benzene rings is 1. The van der Waals surface area contributed by atoms with Crippen LogP contribution >= 0.6 is 0 Å². The zero-order valence-corrected chi connectivity index (χ0v) is 16.8. The van der Waals surface area contributed by atoms with E-state index in [1.165, 1.54) is 4.90 Å². The van der Waals surface area contributed by atoms with Crippen molar-refractivity contribution in [3.8, 4) is 0 Å². The molecule has 0 saturated heterocycles. The first-order chi connectivity index (χ1) is 12.4.